The van der Waals surface area contributed by atoms with Crippen molar-refractivity contribution in [3.8, 4) is 5.69 Å². The van der Waals surface area contributed by atoms with Crippen molar-refractivity contribution in [3.63, 3.8) is 0 Å². The van der Waals surface area contributed by atoms with Gasteiger partial charge in [0.15, 0.2) is 0 Å². The van der Waals surface area contributed by atoms with E-state index in [-0.39, 0.29) is 5.91 Å². The van der Waals surface area contributed by atoms with Crippen molar-refractivity contribution < 1.29 is 13.2 Å². The van der Waals surface area contributed by atoms with E-state index in [4.69, 9.17) is 0 Å². The van der Waals surface area contributed by atoms with Gasteiger partial charge in [0, 0.05) is 24.6 Å². The molecule has 1 N–H and O–H groups in total. The Balaban J connectivity index is 1.73. The minimum Gasteiger partial charge on any atom is -0.350 e. The molecule has 3 rings (SSSR count). The average molecular weight is 427 g/mol. The van der Waals surface area contributed by atoms with Crippen LogP contribution in [-0.4, -0.2) is 36.2 Å². The molecule has 1 aromatic heterocycles. The molecule has 1 unspecified atom stereocenters. The van der Waals surface area contributed by atoms with E-state index in [1.54, 1.807) is 25.5 Å². The number of carbonyl (C=O) groups excluding carboxylic acids is 1. The molecule has 30 heavy (non-hydrogen) atoms. The molecule has 0 saturated carbocycles. The Kier molecular flexibility index (Phi) is 6.26. The van der Waals surface area contributed by atoms with E-state index >= 15 is 0 Å². The molecule has 0 radical (unpaired) electrons. The number of rotatable bonds is 7. The fourth-order valence-electron chi connectivity index (χ4n) is 3.27. The third-order valence-corrected chi connectivity index (χ3v) is 6.12. The monoisotopic (exact) mass is 426 g/mol. The first-order chi connectivity index (χ1) is 14.2. The zero-order chi connectivity index (χ0) is 21.9. The predicted octanol–water partition coefficient (Wildman–Crippen LogP) is 2.96. The maximum atomic E-state index is 12.8. The van der Waals surface area contributed by atoms with Crippen LogP contribution in [0, 0.1) is 13.8 Å². The van der Waals surface area contributed by atoms with Crippen molar-refractivity contribution >= 4 is 21.6 Å². The first kappa shape index (κ1) is 21.6. The van der Waals surface area contributed by atoms with E-state index in [0.717, 1.165) is 28.6 Å². The van der Waals surface area contributed by atoms with Crippen molar-refractivity contribution in [2.75, 3.05) is 10.6 Å². The Morgan fingerprint density at radius 1 is 1.17 bits per heavy atom. The number of benzene rings is 2. The largest absolute Gasteiger partial charge is 0.350 e. The molecular weight excluding hydrogens is 400 g/mol. The summed E-state index contributed by atoms with van der Waals surface area (Å²) in [6, 6.07) is 12.4. The van der Waals surface area contributed by atoms with Crippen LogP contribution in [0.1, 0.15) is 23.6 Å². The lowest BCUT2D eigenvalue weighted by molar-refractivity contribution is -0.122. The van der Waals surface area contributed by atoms with E-state index in [9.17, 15) is 13.2 Å². The summed E-state index contributed by atoms with van der Waals surface area (Å²) < 4.78 is 28.1. The molecule has 7 nitrogen and oxygen atoms in total. The summed E-state index contributed by atoms with van der Waals surface area (Å²) in [6.07, 6.45) is 6.39. The van der Waals surface area contributed by atoms with Gasteiger partial charge in [-0.3, -0.25) is 9.10 Å². The molecule has 8 heteroatoms. The number of nitrogens with one attached hydrogen (secondary N) is 1. The Labute approximate surface area is 177 Å². The maximum absolute atomic E-state index is 12.8. The molecule has 1 amide bonds. The van der Waals surface area contributed by atoms with Crippen LogP contribution in [-0.2, 0) is 21.4 Å². The summed E-state index contributed by atoms with van der Waals surface area (Å²) in [6.45, 7) is 5.62. The van der Waals surface area contributed by atoms with Crippen LogP contribution in [0.5, 0.6) is 0 Å². The molecular formula is C22H26N4O3S. The van der Waals surface area contributed by atoms with Crippen molar-refractivity contribution in [3.05, 3.63) is 77.9 Å². The first-order valence-corrected chi connectivity index (χ1v) is 11.4. The van der Waals surface area contributed by atoms with Crippen LogP contribution in [0.3, 0.4) is 0 Å². The molecule has 158 valence electrons. The summed E-state index contributed by atoms with van der Waals surface area (Å²) in [5, 5.41) is 2.85. The lowest BCUT2D eigenvalue weighted by Gasteiger charge is -2.29. The van der Waals surface area contributed by atoms with Gasteiger partial charge >= 0.3 is 0 Å². The lowest BCUT2D eigenvalue weighted by atomic mass is 10.1. The number of nitrogens with zero attached hydrogens (tertiary/aromatic N) is 3. The van der Waals surface area contributed by atoms with Crippen molar-refractivity contribution in [2.24, 2.45) is 0 Å². The number of hydrogen-bond donors (Lipinski definition) is 1. The van der Waals surface area contributed by atoms with Crippen LogP contribution in [0.25, 0.3) is 5.69 Å². The number of carbonyl (C=O) groups is 1. The summed E-state index contributed by atoms with van der Waals surface area (Å²) >= 11 is 0. The average Bonchev–Trinajstić information content (AvgIpc) is 3.23. The van der Waals surface area contributed by atoms with Crippen LogP contribution < -0.4 is 9.62 Å². The highest BCUT2D eigenvalue weighted by Gasteiger charge is 2.30. The van der Waals surface area contributed by atoms with Gasteiger partial charge in [0.1, 0.15) is 6.04 Å². The van der Waals surface area contributed by atoms with Crippen LogP contribution in [0.15, 0.2) is 61.2 Å². The summed E-state index contributed by atoms with van der Waals surface area (Å²) in [5.74, 6) is -0.361. The molecule has 0 fully saturated rings. The number of sulfonamides is 1. The van der Waals surface area contributed by atoms with E-state index in [1.807, 2.05) is 61.0 Å². The molecule has 1 atom stereocenters. The standard InChI is InChI=1S/C22H26N4O3S/c1-16-5-6-17(2)21(13-16)26(30(4,28)29)18(3)22(27)24-14-19-7-9-20(10-8-19)25-12-11-23-15-25/h5-13,15,18H,14H2,1-4H3,(H,24,27). The Hall–Kier alpha value is -3.13. The van der Waals surface area contributed by atoms with Gasteiger partial charge in [-0.1, -0.05) is 24.3 Å². The molecule has 3 aromatic rings. The van der Waals surface area contributed by atoms with Gasteiger partial charge in [-0.25, -0.2) is 13.4 Å². The van der Waals surface area contributed by atoms with E-state index in [1.165, 1.54) is 4.31 Å². The third-order valence-electron chi connectivity index (χ3n) is 4.90. The van der Waals surface area contributed by atoms with Gasteiger partial charge in [-0.2, -0.15) is 0 Å². The van der Waals surface area contributed by atoms with Crippen molar-refractivity contribution in [1.29, 1.82) is 0 Å². The van der Waals surface area contributed by atoms with Gasteiger partial charge in [0.2, 0.25) is 15.9 Å². The fraction of sp³-hybridized carbons (Fsp3) is 0.273. The second kappa shape index (κ2) is 8.71. The summed E-state index contributed by atoms with van der Waals surface area (Å²) in [4.78, 5) is 16.8. The highest BCUT2D eigenvalue weighted by Crippen LogP contribution is 2.26. The predicted molar refractivity (Wildman–Crippen MR) is 118 cm³/mol. The second-order valence-electron chi connectivity index (χ2n) is 7.38. The highest BCUT2D eigenvalue weighted by atomic mass is 32.2. The van der Waals surface area contributed by atoms with Crippen LogP contribution in [0.4, 0.5) is 5.69 Å². The Morgan fingerprint density at radius 2 is 1.87 bits per heavy atom. The second-order valence-corrected chi connectivity index (χ2v) is 9.24. The smallest absolute Gasteiger partial charge is 0.243 e. The van der Waals surface area contributed by atoms with Gasteiger partial charge in [0.05, 0.1) is 18.3 Å². The van der Waals surface area contributed by atoms with Gasteiger partial charge in [0.25, 0.3) is 0 Å². The molecule has 0 bridgehead atoms. The number of hydrogen-bond acceptors (Lipinski definition) is 4. The fourth-order valence-corrected chi connectivity index (χ4v) is 4.50. The van der Waals surface area contributed by atoms with E-state index in [2.05, 4.69) is 10.3 Å². The Bertz CT molecular complexity index is 1120. The van der Waals surface area contributed by atoms with Crippen molar-refractivity contribution in [2.45, 2.75) is 33.4 Å². The number of aryl methyl sites for hydroxylation is 2. The van der Waals surface area contributed by atoms with Gasteiger partial charge in [-0.05, 0) is 55.7 Å². The molecule has 0 saturated heterocycles. The summed E-state index contributed by atoms with van der Waals surface area (Å²) in [7, 11) is -3.65. The number of aromatic nitrogens is 2. The molecule has 2 aromatic carbocycles. The molecule has 0 aliphatic carbocycles. The van der Waals surface area contributed by atoms with Crippen LogP contribution in [0.2, 0.25) is 0 Å². The molecule has 0 aliphatic rings. The molecule has 1 heterocycles. The number of anilines is 1. The summed E-state index contributed by atoms with van der Waals surface area (Å²) in [5.41, 5.74) is 4.12. The van der Waals surface area contributed by atoms with Crippen molar-refractivity contribution in [1.82, 2.24) is 14.9 Å². The minimum absolute atomic E-state index is 0.303. The SMILES string of the molecule is Cc1ccc(C)c(N(C(C)C(=O)NCc2ccc(-n3ccnc3)cc2)S(C)(=O)=O)c1. The Morgan fingerprint density at radius 3 is 2.47 bits per heavy atom. The first-order valence-electron chi connectivity index (χ1n) is 9.58. The lowest BCUT2D eigenvalue weighted by Crippen LogP contribution is -2.48. The van der Waals surface area contributed by atoms with E-state index < -0.39 is 16.1 Å². The number of imidazole rings is 1. The zero-order valence-corrected chi connectivity index (χ0v) is 18.3. The maximum Gasteiger partial charge on any atom is 0.243 e. The third kappa shape index (κ3) is 4.88. The van der Waals surface area contributed by atoms with Crippen LogP contribution >= 0.6 is 0 Å². The van der Waals surface area contributed by atoms with Gasteiger partial charge in [-0.15, -0.1) is 0 Å². The van der Waals surface area contributed by atoms with E-state index in [0.29, 0.717) is 12.2 Å². The topological polar surface area (TPSA) is 84.3 Å². The highest BCUT2D eigenvalue weighted by molar-refractivity contribution is 7.92. The zero-order valence-electron chi connectivity index (χ0n) is 17.5. The number of amides is 1. The minimum atomic E-state index is -3.65. The normalized spacial score (nSPS) is 12.4. The molecule has 0 spiro atoms. The quantitative estimate of drug-likeness (QED) is 0.630. The van der Waals surface area contributed by atoms with Gasteiger partial charge < -0.3 is 9.88 Å². The molecule has 0 aliphatic heterocycles.